The van der Waals surface area contributed by atoms with E-state index in [2.05, 4.69) is 31.2 Å². The Kier molecular flexibility index (Phi) is 6.96. The standard InChI is InChI=1S/C22H31FN2O4S2/c1-6-14-16(15(12(2)3)7-13-10-29-11-17(13)14)8-20(26)25-31(24,28)21-18(23)9-19(30-21)22(4,5)27/h7,9,12,20,26-27H,6,8,10-11H2,1-5H3,(H2,24,25,28). The maximum absolute atomic E-state index is 14.4. The van der Waals surface area contributed by atoms with E-state index in [1.165, 1.54) is 13.8 Å². The van der Waals surface area contributed by atoms with Gasteiger partial charge in [0.25, 0.3) is 0 Å². The summed E-state index contributed by atoms with van der Waals surface area (Å²) in [6.45, 7) is 10.3. The molecule has 2 unspecified atom stereocenters. The Labute approximate surface area is 187 Å². The molecule has 0 spiro atoms. The molecule has 1 aromatic heterocycles. The molecule has 1 aliphatic rings. The van der Waals surface area contributed by atoms with Gasteiger partial charge in [0.1, 0.15) is 9.92 Å². The normalized spacial score (nSPS) is 17.0. The molecule has 0 bridgehead atoms. The summed E-state index contributed by atoms with van der Waals surface area (Å²) in [6, 6.07) is 3.23. The van der Waals surface area contributed by atoms with Gasteiger partial charge in [-0.25, -0.2) is 13.7 Å². The highest BCUT2D eigenvalue weighted by atomic mass is 32.2. The van der Waals surface area contributed by atoms with Crippen molar-refractivity contribution in [3.8, 4) is 0 Å². The molecule has 6 nitrogen and oxygen atoms in total. The van der Waals surface area contributed by atoms with Crippen LogP contribution in [0.4, 0.5) is 4.39 Å². The van der Waals surface area contributed by atoms with Gasteiger partial charge >= 0.3 is 0 Å². The van der Waals surface area contributed by atoms with Crippen LogP contribution in [0.25, 0.3) is 0 Å². The number of hydrogen-bond donors (Lipinski definition) is 3. The van der Waals surface area contributed by atoms with Gasteiger partial charge in [0, 0.05) is 11.3 Å². The van der Waals surface area contributed by atoms with Crippen molar-refractivity contribution in [1.29, 1.82) is 0 Å². The van der Waals surface area contributed by atoms with Crippen LogP contribution in [0.2, 0.25) is 0 Å². The molecular formula is C22H31FN2O4S2. The minimum atomic E-state index is -3.68. The van der Waals surface area contributed by atoms with E-state index in [9.17, 15) is 18.8 Å². The first-order chi connectivity index (χ1) is 14.3. The number of fused-ring (bicyclic) bond motifs is 1. The lowest BCUT2D eigenvalue weighted by atomic mass is 9.85. The molecule has 0 radical (unpaired) electrons. The molecule has 1 aromatic carbocycles. The molecule has 1 aliphatic heterocycles. The lowest BCUT2D eigenvalue weighted by molar-refractivity contribution is 0.0823. The summed E-state index contributed by atoms with van der Waals surface area (Å²) < 4.78 is 36.7. The number of nitrogens with two attached hydrogens (primary N) is 1. The third-order valence-corrected chi connectivity index (χ3v) is 8.93. The maximum Gasteiger partial charge on any atom is 0.159 e. The lowest BCUT2D eigenvalue weighted by Gasteiger charge is -2.21. The van der Waals surface area contributed by atoms with Crippen LogP contribution in [-0.4, -0.2) is 20.6 Å². The first-order valence-electron chi connectivity index (χ1n) is 10.3. The third-order valence-electron chi connectivity index (χ3n) is 5.46. The Morgan fingerprint density at radius 2 is 2.00 bits per heavy atom. The van der Waals surface area contributed by atoms with E-state index in [1.807, 2.05) is 0 Å². The number of halogens is 1. The van der Waals surface area contributed by atoms with Crippen LogP contribution in [0.15, 0.2) is 20.7 Å². The summed E-state index contributed by atoms with van der Waals surface area (Å²) in [6.07, 6.45) is -0.475. The van der Waals surface area contributed by atoms with Crippen molar-refractivity contribution in [2.45, 2.75) is 82.6 Å². The van der Waals surface area contributed by atoms with Crippen molar-refractivity contribution < 1.29 is 23.5 Å². The average molecular weight is 471 g/mol. The number of hydrogen-bond acceptors (Lipinski definition) is 6. The topological polar surface area (TPSA) is 105 Å². The molecule has 3 rings (SSSR count). The minimum Gasteiger partial charge on any atom is -0.385 e. The second kappa shape index (κ2) is 8.88. The molecule has 2 atom stereocenters. The summed E-state index contributed by atoms with van der Waals surface area (Å²) in [7, 11) is -3.68. The van der Waals surface area contributed by atoms with E-state index in [-0.39, 0.29) is 21.4 Å². The van der Waals surface area contributed by atoms with Gasteiger partial charge in [-0.3, -0.25) is 0 Å². The molecule has 0 saturated heterocycles. The highest BCUT2D eigenvalue weighted by Gasteiger charge is 2.27. The van der Waals surface area contributed by atoms with Gasteiger partial charge in [-0.1, -0.05) is 26.8 Å². The summed E-state index contributed by atoms with van der Waals surface area (Å²) in [5.41, 5.74) is 4.16. The fourth-order valence-corrected chi connectivity index (χ4v) is 6.48. The first kappa shape index (κ1) is 24.3. The number of thiophene rings is 1. The number of aliphatic hydroxyl groups is 2. The Hall–Kier alpha value is -1.36. The predicted octanol–water partition coefficient (Wildman–Crippen LogP) is 4.09. The van der Waals surface area contributed by atoms with Crippen molar-refractivity contribution in [1.82, 2.24) is 0 Å². The van der Waals surface area contributed by atoms with Gasteiger partial charge in [0.2, 0.25) is 0 Å². The molecule has 0 amide bonds. The zero-order valence-corrected chi connectivity index (χ0v) is 20.2. The summed E-state index contributed by atoms with van der Waals surface area (Å²) in [4.78, 5) is 0.289. The van der Waals surface area contributed by atoms with Crippen molar-refractivity contribution in [2.24, 2.45) is 9.50 Å². The number of ether oxygens (including phenoxy) is 1. The van der Waals surface area contributed by atoms with E-state index in [4.69, 9.17) is 9.88 Å². The smallest absolute Gasteiger partial charge is 0.159 e. The molecule has 2 aromatic rings. The highest BCUT2D eigenvalue weighted by Crippen LogP contribution is 2.35. The van der Waals surface area contributed by atoms with Crippen LogP contribution in [-0.2, 0) is 46.3 Å². The summed E-state index contributed by atoms with van der Waals surface area (Å²) in [5.74, 6) is -0.581. The van der Waals surface area contributed by atoms with Gasteiger partial charge in [-0.15, -0.1) is 11.3 Å². The van der Waals surface area contributed by atoms with Crippen LogP contribution in [0.5, 0.6) is 0 Å². The third kappa shape index (κ3) is 5.02. The predicted molar refractivity (Wildman–Crippen MR) is 121 cm³/mol. The van der Waals surface area contributed by atoms with Crippen LogP contribution >= 0.6 is 11.3 Å². The van der Waals surface area contributed by atoms with E-state index in [1.54, 1.807) is 0 Å². The number of nitrogens with zero attached hydrogens (tertiary/aromatic N) is 1. The zero-order valence-electron chi connectivity index (χ0n) is 18.6. The SMILES string of the molecule is CCc1c2c(cc(C(C)C)c1CC(O)N=S(N)(=O)c1sc(C(C)(C)O)cc1F)COC2. The van der Waals surface area contributed by atoms with Gasteiger partial charge in [0.05, 0.1) is 18.8 Å². The molecule has 9 heteroatoms. The highest BCUT2D eigenvalue weighted by molar-refractivity contribution is 7.93. The minimum absolute atomic E-state index is 0.128. The van der Waals surface area contributed by atoms with E-state index in [0.29, 0.717) is 13.2 Å². The number of benzene rings is 1. The van der Waals surface area contributed by atoms with Gasteiger partial charge in [-0.05, 0) is 60.1 Å². The Morgan fingerprint density at radius 1 is 1.32 bits per heavy atom. The molecule has 4 N–H and O–H groups in total. The molecule has 0 fully saturated rings. The van der Waals surface area contributed by atoms with Crippen molar-refractivity contribution >= 4 is 21.3 Å². The van der Waals surface area contributed by atoms with Crippen LogP contribution in [0.3, 0.4) is 0 Å². The van der Waals surface area contributed by atoms with E-state index < -0.39 is 27.6 Å². The van der Waals surface area contributed by atoms with Crippen LogP contribution in [0, 0.1) is 5.82 Å². The Balaban J connectivity index is 2.00. The summed E-state index contributed by atoms with van der Waals surface area (Å²) >= 11 is 0.807. The molecule has 0 aliphatic carbocycles. The molecule has 2 heterocycles. The van der Waals surface area contributed by atoms with Gasteiger partial charge in [0.15, 0.2) is 16.3 Å². The molecule has 31 heavy (non-hydrogen) atoms. The number of rotatable bonds is 7. The summed E-state index contributed by atoms with van der Waals surface area (Å²) in [5, 5.41) is 26.7. The monoisotopic (exact) mass is 470 g/mol. The molecule has 172 valence electrons. The van der Waals surface area contributed by atoms with Crippen molar-refractivity contribution in [3.63, 3.8) is 0 Å². The van der Waals surface area contributed by atoms with Crippen molar-refractivity contribution in [2.75, 3.05) is 0 Å². The Morgan fingerprint density at radius 3 is 2.55 bits per heavy atom. The fraction of sp³-hybridized carbons (Fsp3) is 0.545. The van der Waals surface area contributed by atoms with E-state index >= 15 is 0 Å². The van der Waals surface area contributed by atoms with Crippen molar-refractivity contribution in [3.05, 3.63) is 50.6 Å². The zero-order chi connectivity index (χ0) is 23.1. The average Bonchev–Trinajstić information content (AvgIpc) is 3.26. The van der Waals surface area contributed by atoms with Crippen LogP contribution < -0.4 is 5.14 Å². The Bertz CT molecular complexity index is 1100. The van der Waals surface area contributed by atoms with Crippen LogP contribution in [0.1, 0.15) is 73.2 Å². The molecule has 0 saturated carbocycles. The van der Waals surface area contributed by atoms with Gasteiger partial charge < -0.3 is 14.9 Å². The largest absolute Gasteiger partial charge is 0.385 e. The maximum atomic E-state index is 14.4. The first-order valence-corrected chi connectivity index (χ1v) is 12.7. The second-order valence-corrected chi connectivity index (χ2v) is 11.8. The number of aliphatic hydroxyl groups excluding tert-OH is 1. The lowest BCUT2D eigenvalue weighted by Crippen LogP contribution is -2.20. The molecular weight excluding hydrogens is 439 g/mol. The fourth-order valence-electron chi connectivity index (χ4n) is 3.97. The second-order valence-electron chi connectivity index (χ2n) is 8.73. The quantitative estimate of drug-likeness (QED) is 0.567. The van der Waals surface area contributed by atoms with Gasteiger partial charge in [-0.2, -0.15) is 4.36 Å². The van der Waals surface area contributed by atoms with E-state index in [0.717, 1.165) is 51.6 Å².